The van der Waals surface area contributed by atoms with Gasteiger partial charge in [0.1, 0.15) is 0 Å². The predicted molar refractivity (Wildman–Crippen MR) is 64.9 cm³/mol. The lowest BCUT2D eigenvalue weighted by Gasteiger charge is -2.33. The zero-order chi connectivity index (χ0) is 12.5. The first-order chi connectivity index (χ1) is 8.72. The van der Waals surface area contributed by atoms with Crippen LogP contribution in [0, 0.1) is 0 Å². The normalized spacial score (nSPS) is 27.3. The number of ether oxygens (including phenoxy) is 1. The van der Waals surface area contributed by atoms with E-state index in [4.69, 9.17) is 15.0 Å². The van der Waals surface area contributed by atoms with Crippen LogP contribution in [0.15, 0.2) is 4.52 Å². The second-order valence-electron chi connectivity index (χ2n) is 5.33. The van der Waals surface area contributed by atoms with Crippen molar-refractivity contribution in [2.24, 2.45) is 5.73 Å². The molecule has 2 atom stereocenters. The molecule has 2 fully saturated rings. The van der Waals surface area contributed by atoms with Crippen molar-refractivity contribution in [1.82, 2.24) is 15.0 Å². The third-order valence-corrected chi connectivity index (χ3v) is 3.54. The number of nitrogens with two attached hydrogens (primary N) is 1. The summed E-state index contributed by atoms with van der Waals surface area (Å²) in [5.41, 5.74) is 5.87. The first kappa shape index (κ1) is 12.1. The van der Waals surface area contributed by atoms with E-state index in [2.05, 4.69) is 15.0 Å². The molecule has 1 saturated heterocycles. The molecule has 0 bridgehead atoms. The summed E-state index contributed by atoms with van der Waals surface area (Å²) in [7, 11) is 0. The predicted octanol–water partition coefficient (Wildman–Crippen LogP) is 0.495. The van der Waals surface area contributed by atoms with Gasteiger partial charge in [-0.1, -0.05) is 5.16 Å². The minimum Gasteiger partial charge on any atom is -0.374 e. The van der Waals surface area contributed by atoms with E-state index in [0.717, 1.165) is 38.0 Å². The van der Waals surface area contributed by atoms with Crippen LogP contribution in [0.2, 0.25) is 0 Å². The van der Waals surface area contributed by atoms with Gasteiger partial charge in [0, 0.05) is 25.0 Å². The fourth-order valence-electron chi connectivity index (χ4n) is 2.22. The van der Waals surface area contributed by atoms with Crippen molar-refractivity contribution in [1.29, 1.82) is 0 Å². The molecule has 6 nitrogen and oxygen atoms in total. The molecule has 3 rings (SSSR count). The Balaban J connectivity index is 1.57. The maximum atomic E-state index is 5.87. The molecule has 1 aliphatic carbocycles. The van der Waals surface area contributed by atoms with Crippen molar-refractivity contribution in [3.63, 3.8) is 0 Å². The third kappa shape index (κ3) is 2.71. The molecule has 18 heavy (non-hydrogen) atoms. The molecule has 0 amide bonds. The lowest BCUT2D eigenvalue weighted by Crippen LogP contribution is -2.49. The summed E-state index contributed by atoms with van der Waals surface area (Å²) in [5.74, 6) is 2.11. The van der Waals surface area contributed by atoms with Gasteiger partial charge < -0.3 is 15.0 Å². The molecule has 1 aromatic rings. The van der Waals surface area contributed by atoms with Crippen molar-refractivity contribution < 1.29 is 9.26 Å². The highest BCUT2D eigenvalue weighted by Crippen LogP contribution is 2.38. The van der Waals surface area contributed by atoms with Gasteiger partial charge in [-0.05, 0) is 19.8 Å². The Morgan fingerprint density at radius 2 is 2.33 bits per heavy atom. The summed E-state index contributed by atoms with van der Waals surface area (Å²) in [4.78, 5) is 6.72. The second kappa shape index (κ2) is 4.95. The third-order valence-electron chi connectivity index (χ3n) is 3.54. The highest BCUT2D eigenvalue weighted by molar-refractivity contribution is 5.01. The van der Waals surface area contributed by atoms with Crippen LogP contribution in [0.4, 0.5) is 0 Å². The summed E-state index contributed by atoms with van der Waals surface area (Å²) >= 11 is 0. The van der Waals surface area contributed by atoms with E-state index >= 15 is 0 Å². The number of hydrogen-bond acceptors (Lipinski definition) is 6. The van der Waals surface area contributed by atoms with E-state index in [-0.39, 0.29) is 12.1 Å². The molecule has 1 aromatic heterocycles. The van der Waals surface area contributed by atoms with Crippen molar-refractivity contribution >= 4 is 0 Å². The first-order valence-electron chi connectivity index (χ1n) is 6.64. The lowest BCUT2D eigenvalue weighted by molar-refractivity contribution is -0.0411. The molecule has 2 N–H and O–H groups in total. The van der Waals surface area contributed by atoms with Crippen molar-refractivity contribution in [3.8, 4) is 0 Å². The molecule has 2 unspecified atom stereocenters. The largest absolute Gasteiger partial charge is 0.374 e. The summed E-state index contributed by atoms with van der Waals surface area (Å²) in [6.45, 7) is 5.16. The van der Waals surface area contributed by atoms with Gasteiger partial charge in [0.15, 0.2) is 5.82 Å². The minimum absolute atomic E-state index is 0.0556. The number of nitrogens with zero attached hydrogens (tertiary/aromatic N) is 3. The van der Waals surface area contributed by atoms with Gasteiger partial charge in [0.05, 0.1) is 19.3 Å². The molecule has 2 heterocycles. The second-order valence-corrected chi connectivity index (χ2v) is 5.33. The van der Waals surface area contributed by atoms with Crippen LogP contribution in [0.5, 0.6) is 0 Å². The van der Waals surface area contributed by atoms with E-state index in [0.29, 0.717) is 5.92 Å². The Morgan fingerprint density at radius 3 is 3.06 bits per heavy atom. The fraction of sp³-hybridized carbons (Fsp3) is 0.833. The highest BCUT2D eigenvalue weighted by Gasteiger charge is 2.30. The summed E-state index contributed by atoms with van der Waals surface area (Å²) < 4.78 is 10.9. The molecule has 1 saturated carbocycles. The van der Waals surface area contributed by atoms with Crippen LogP contribution in [0.3, 0.4) is 0 Å². The Hall–Kier alpha value is -0.980. The maximum absolute atomic E-state index is 5.87. The molecular formula is C12H20N4O2. The quantitative estimate of drug-likeness (QED) is 0.840. The zero-order valence-corrected chi connectivity index (χ0v) is 10.7. The van der Waals surface area contributed by atoms with E-state index in [1.165, 1.54) is 12.8 Å². The van der Waals surface area contributed by atoms with E-state index < -0.39 is 0 Å². The highest BCUT2D eigenvalue weighted by atomic mass is 16.5. The van der Waals surface area contributed by atoms with Gasteiger partial charge >= 0.3 is 0 Å². The number of morpholine rings is 1. The minimum atomic E-state index is 0.0556. The van der Waals surface area contributed by atoms with Gasteiger partial charge in [-0.3, -0.25) is 4.90 Å². The molecule has 6 heteroatoms. The number of hydrogen-bond donors (Lipinski definition) is 1. The fourth-order valence-corrected chi connectivity index (χ4v) is 2.22. The van der Waals surface area contributed by atoms with Crippen molar-refractivity contribution in [3.05, 3.63) is 11.7 Å². The monoisotopic (exact) mass is 252 g/mol. The summed E-state index contributed by atoms with van der Waals surface area (Å²) in [5, 5.41) is 4.04. The molecule has 1 aliphatic heterocycles. The standard InChI is InChI=1S/C12H20N4O2/c1-8(13)10-6-16(4-5-17-10)7-11-14-12(18-15-11)9-2-3-9/h8-10H,2-7,13H2,1H3. The molecule has 100 valence electrons. The van der Waals surface area contributed by atoms with Crippen LogP contribution in [0.25, 0.3) is 0 Å². The van der Waals surface area contributed by atoms with Crippen LogP contribution in [-0.2, 0) is 11.3 Å². The van der Waals surface area contributed by atoms with Crippen molar-refractivity contribution in [2.45, 2.75) is 44.4 Å². The van der Waals surface area contributed by atoms with Crippen LogP contribution < -0.4 is 5.73 Å². The van der Waals surface area contributed by atoms with Gasteiger partial charge in [-0.2, -0.15) is 4.98 Å². The van der Waals surface area contributed by atoms with Gasteiger partial charge in [-0.25, -0.2) is 0 Å². The van der Waals surface area contributed by atoms with Gasteiger partial charge in [0.2, 0.25) is 5.89 Å². The Kier molecular flexibility index (Phi) is 3.32. The average Bonchev–Trinajstić information content (AvgIpc) is 3.11. The average molecular weight is 252 g/mol. The number of aromatic nitrogens is 2. The van der Waals surface area contributed by atoms with Crippen LogP contribution in [-0.4, -0.2) is 46.9 Å². The summed E-state index contributed by atoms with van der Waals surface area (Å²) in [6, 6.07) is 0.0556. The van der Waals surface area contributed by atoms with Crippen LogP contribution >= 0.6 is 0 Å². The number of rotatable bonds is 4. The molecular weight excluding hydrogens is 232 g/mol. The maximum Gasteiger partial charge on any atom is 0.229 e. The molecule has 0 radical (unpaired) electrons. The van der Waals surface area contributed by atoms with Gasteiger partial charge in [-0.15, -0.1) is 0 Å². The SMILES string of the molecule is CC(N)C1CN(Cc2noc(C3CC3)n2)CCO1. The van der Waals surface area contributed by atoms with Crippen molar-refractivity contribution in [2.75, 3.05) is 19.7 Å². The Morgan fingerprint density at radius 1 is 1.50 bits per heavy atom. The topological polar surface area (TPSA) is 77.4 Å². The molecule has 0 aromatic carbocycles. The lowest BCUT2D eigenvalue weighted by atomic mass is 10.1. The first-order valence-corrected chi connectivity index (χ1v) is 6.64. The zero-order valence-electron chi connectivity index (χ0n) is 10.7. The molecule has 2 aliphatic rings. The Bertz CT molecular complexity index is 403. The van der Waals surface area contributed by atoms with Gasteiger partial charge in [0.25, 0.3) is 0 Å². The molecule has 0 spiro atoms. The van der Waals surface area contributed by atoms with E-state index in [9.17, 15) is 0 Å². The van der Waals surface area contributed by atoms with E-state index in [1.807, 2.05) is 6.92 Å². The Labute approximate surface area is 106 Å². The smallest absolute Gasteiger partial charge is 0.229 e. The van der Waals surface area contributed by atoms with E-state index in [1.54, 1.807) is 0 Å². The summed E-state index contributed by atoms with van der Waals surface area (Å²) in [6.07, 6.45) is 2.48. The van der Waals surface area contributed by atoms with Crippen LogP contribution in [0.1, 0.15) is 37.4 Å².